The summed E-state index contributed by atoms with van der Waals surface area (Å²) in [6, 6.07) is 8.54. The highest BCUT2D eigenvalue weighted by atomic mass is 32.1. The predicted octanol–water partition coefficient (Wildman–Crippen LogP) is 3.40. The molecule has 0 bridgehead atoms. The van der Waals surface area contributed by atoms with E-state index in [1.54, 1.807) is 6.92 Å². The molecule has 0 aliphatic carbocycles. The Hall–Kier alpha value is -1.19. The van der Waals surface area contributed by atoms with E-state index < -0.39 is 0 Å². The summed E-state index contributed by atoms with van der Waals surface area (Å²) in [6.07, 6.45) is 2.69. The van der Waals surface area contributed by atoms with E-state index in [4.69, 9.17) is 0 Å². The lowest BCUT2D eigenvalue weighted by Crippen LogP contribution is -2.18. The molecule has 0 spiro atoms. The molecule has 18 heavy (non-hydrogen) atoms. The zero-order valence-electron chi connectivity index (χ0n) is 10.7. The molecule has 0 unspecified atom stereocenters. The fraction of sp³-hybridized carbons (Fsp3) is 0.400. The van der Waals surface area contributed by atoms with Crippen molar-refractivity contribution in [3.8, 4) is 0 Å². The van der Waals surface area contributed by atoms with Crippen LogP contribution in [0.1, 0.15) is 25.3 Å². The van der Waals surface area contributed by atoms with Crippen molar-refractivity contribution in [3.05, 3.63) is 35.2 Å². The van der Waals surface area contributed by atoms with Crippen LogP contribution in [-0.4, -0.2) is 18.9 Å². The number of benzene rings is 1. The Morgan fingerprint density at radius 3 is 2.94 bits per heavy atom. The number of carbonyl (C=O) groups is 1. The van der Waals surface area contributed by atoms with E-state index in [2.05, 4.69) is 35.0 Å². The summed E-state index contributed by atoms with van der Waals surface area (Å²) in [5.74, 6) is 0.278. The molecule has 0 atom stereocenters. The molecule has 96 valence electrons. The van der Waals surface area contributed by atoms with Crippen LogP contribution in [0.15, 0.2) is 29.6 Å². The quantitative estimate of drug-likeness (QED) is 0.774. The van der Waals surface area contributed by atoms with Gasteiger partial charge in [-0.05, 0) is 55.3 Å². The van der Waals surface area contributed by atoms with Gasteiger partial charge in [-0.25, -0.2) is 0 Å². The Labute approximate surface area is 112 Å². The molecule has 1 aromatic heterocycles. The second-order valence-corrected chi connectivity index (χ2v) is 5.47. The lowest BCUT2D eigenvalue weighted by atomic mass is 10.1. The Kier molecular flexibility index (Phi) is 4.90. The van der Waals surface area contributed by atoms with Crippen molar-refractivity contribution in [3.63, 3.8) is 0 Å². The summed E-state index contributed by atoms with van der Waals surface area (Å²) in [7, 11) is 0. The van der Waals surface area contributed by atoms with Crippen molar-refractivity contribution in [2.24, 2.45) is 0 Å². The standard InChI is InChI=1S/C15H19NOS/c1-12(17)5-4-9-16-10-8-13-11-18-15-7-3-2-6-14(13)15/h2-3,6-7,11,16H,4-5,8-10H2,1H3. The highest BCUT2D eigenvalue weighted by Gasteiger charge is 2.02. The molecule has 2 nitrogen and oxygen atoms in total. The number of thiophene rings is 1. The SMILES string of the molecule is CC(=O)CCCNCCc1csc2ccccc12. The van der Waals surface area contributed by atoms with Crippen molar-refractivity contribution >= 4 is 27.2 Å². The molecule has 2 aromatic rings. The van der Waals surface area contributed by atoms with Crippen molar-refractivity contribution in [2.45, 2.75) is 26.2 Å². The van der Waals surface area contributed by atoms with Crippen LogP contribution in [0.4, 0.5) is 0 Å². The summed E-state index contributed by atoms with van der Waals surface area (Å²) >= 11 is 1.81. The number of fused-ring (bicyclic) bond motifs is 1. The maximum atomic E-state index is 10.8. The first-order valence-electron chi connectivity index (χ1n) is 6.42. The Morgan fingerprint density at radius 2 is 2.11 bits per heavy atom. The van der Waals surface area contributed by atoms with E-state index in [-0.39, 0.29) is 5.78 Å². The number of Topliss-reactive ketones (excluding diaryl/α,β-unsaturated/α-hetero) is 1. The molecule has 0 saturated carbocycles. The molecular weight excluding hydrogens is 242 g/mol. The van der Waals surface area contributed by atoms with Crippen molar-refractivity contribution in [2.75, 3.05) is 13.1 Å². The molecule has 2 rings (SSSR count). The normalized spacial score (nSPS) is 10.9. The fourth-order valence-corrected chi connectivity index (χ4v) is 3.03. The van der Waals surface area contributed by atoms with Gasteiger partial charge in [-0.3, -0.25) is 0 Å². The van der Waals surface area contributed by atoms with Gasteiger partial charge in [-0.15, -0.1) is 11.3 Å². The average Bonchev–Trinajstić information content (AvgIpc) is 2.77. The summed E-state index contributed by atoms with van der Waals surface area (Å²) in [4.78, 5) is 10.8. The Morgan fingerprint density at radius 1 is 1.28 bits per heavy atom. The number of hydrogen-bond acceptors (Lipinski definition) is 3. The fourth-order valence-electron chi connectivity index (χ4n) is 2.04. The van der Waals surface area contributed by atoms with Crippen LogP contribution in [-0.2, 0) is 11.2 Å². The minimum Gasteiger partial charge on any atom is -0.316 e. The van der Waals surface area contributed by atoms with E-state index in [1.807, 2.05) is 11.3 Å². The summed E-state index contributed by atoms with van der Waals surface area (Å²) in [5.41, 5.74) is 1.43. The third-order valence-electron chi connectivity index (χ3n) is 3.01. The van der Waals surface area contributed by atoms with E-state index in [0.717, 1.165) is 25.9 Å². The summed E-state index contributed by atoms with van der Waals surface area (Å²) < 4.78 is 1.36. The van der Waals surface area contributed by atoms with Gasteiger partial charge in [0.05, 0.1) is 0 Å². The highest BCUT2D eigenvalue weighted by molar-refractivity contribution is 7.17. The van der Waals surface area contributed by atoms with E-state index in [0.29, 0.717) is 6.42 Å². The molecule has 0 aliphatic rings. The van der Waals surface area contributed by atoms with Gasteiger partial charge in [0, 0.05) is 11.1 Å². The third kappa shape index (κ3) is 3.65. The predicted molar refractivity (Wildman–Crippen MR) is 78.3 cm³/mol. The molecule has 0 fully saturated rings. The second kappa shape index (κ2) is 6.66. The van der Waals surface area contributed by atoms with Crippen LogP contribution in [0.2, 0.25) is 0 Å². The van der Waals surface area contributed by atoms with Gasteiger partial charge in [-0.2, -0.15) is 0 Å². The van der Waals surface area contributed by atoms with Crippen LogP contribution < -0.4 is 5.32 Å². The molecule has 0 radical (unpaired) electrons. The molecule has 1 N–H and O–H groups in total. The van der Waals surface area contributed by atoms with Gasteiger partial charge >= 0.3 is 0 Å². The Bertz CT molecular complexity index is 518. The average molecular weight is 261 g/mol. The molecule has 0 aliphatic heterocycles. The number of rotatable bonds is 7. The molecule has 0 saturated heterocycles. The van der Waals surface area contributed by atoms with Crippen LogP contribution in [0.25, 0.3) is 10.1 Å². The maximum Gasteiger partial charge on any atom is 0.129 e. The van der Waals surface area contributed by atoms with Gasteiger partial charge < -0.3 is 10.1 Å². The summed E-state index contributed by atoms with van der Waals surface area (Å²) in [5, 5.41) is 7.03. The third-order valence-corrected chi connectivity index (χ3v) is 4.03. The van der Waals surface area contributed by atoms with E-state index in [1.165, 1.54) is 15.6 Å². The number of ketones is 1. The largest absolute Gasteiger partial charge is 0.316 e. The Balaban J connectivity index is 1.75. The zero-order valence-corrected chi connectivity index (χ0v) is 11.6. The van der Waals surface area contributed by atoms with Crippen LogP contribution >= 0.6 is 11.3 Å². The van der Waals surface area contributed by atoms with Crippen LogP contribution in [0, 0.1) is 0 Å². The van der Waals surface area contributed by atoms with Gasteiger partial charge in [0.1, 0.15) is 5.78 Å². The molecule has 0 amide bonds. The lowest BCUT2D eigenvalue weighted by Gasteiger charge is -2.03. The first-order chi connectivity index (χ1) is 8.77. The van der Waals surface area contributed by atoms with Gasteiger partial charge in [-0.1, -0.05) is 18.2 Å². The van der Waals surface area contributed by atoms with Crippen molar-refractivity contribution in [1.82, 2.24) is 5.32 Å². The molecule has 1 heterocycles. The van der Waals surface area contributed by atoms with Crippen molar-refractivity contribution < 1.29 is 4.79 Å². The minimum absolute atomic E-state index is 0.278. The zero-order chi connectivity index (χ0) is 12.8. The number of hydrogen-bond donors (Lipinski definition) is 1. The van der Waals surface area contributed by atoms with E-state index >= 15 is 0 Å². The minimum atomic E-state index is 0.278. The maximum absolute atomic E-state index is 10.8. The van der Waals surface area contributed by atoms with E-state index in [9.17, 15) is 4.79 Å². The highest BCUT2D eigenvalue weighted by Crippen LogP contribution is 2.25. The number of nitrogens with one attached hydrogen (secondary N) is 1. The van der Waals surface area contributed by atoms with Gasteiger partial charge in [0.25, 0.3) is 0 Å². The second-order valence-electron chi connectivity index (χ2n) is 4.56. The van der Waals surface area contributed by atoms with Crippen LogP contribution in [0.3, 0.4) is 0 Å². The molecule has 3 heteroatoms. The lowest BCUT2D eigenvalue weighted by molar-refractivity contribution is -0.117. The van der Waals surface area contributed by atoms with Crippen LogP contribution in [0.5, 0.6) is 0 Å². The topological polar surface area (TPSA) is 29.1 Å². The first-order valence-corrected chi connectivity index (χ1v) is 7.30. The van der Waals surface area contributed by atoms with Gasteiger partial charge in [0.2, 0.25) is 0 Å². The molecule has 1 aromatic carbocycles. The summed E-state index contributed by atoms with van der Waals surface area (Å²) in [6.45, 7) is 3.57. The first kappa shape index (κ1) is 13.2. The number of carbonyl (C=O) groups excluding carboxylic acids is 1. The molecular formula is C15H19NOS. The van der Waals surface area contributed by atoms with Gasteiger partial charge in [0.15, 0.2) is 0 Å². The smallest absolute Gasteiger partial charge is 0.129 e. The monoisotopic (exact) mass is 261 g/mol. The van der Waals surface area contributed by atoms with Crippen molar-refractivity contribution in [1.29, 1.82) is 0 Å².